The number of nitrogens with zero attached hydrogens (tertiary/aromatic N) is 1. The maximum atomic E-state index is 12.6. The highest BCUT2D eigenvalue weighted by molar-refractivity contribution is 6.30. The molecule has 1 saturated heterocycles. The lowest BCUT2D eigenvalue weighted by molar-refractivity contribution is -0.116. The molecule has 1 amide bonds. The fraction of sp³-hybridized carbons (Fsp3) is 0.231. The van der Waals surface area contributed by atoms with Gasteiger partial charge in [-0.2, -0.15) is 0 Å². The molecule has 2 N–H and O–H groups in total. The predicted molar refractivity (Wildman–Crippen MR) is 132 cm³/mol. The summed E-state index contributed by atoms with van der Waals surface area (Å²) in [5.74, 6) is 1.28. The quantitative estimate of drug-likeness (QED) is 0.484. The van der Waals surface area contributed by atoms with E-state index < -0.39 is 0 Å². The monoisotopic (exact) mass is 463 g/mol. The van der Waals surface area contributed by atoms with Crippen molar-refractivity contribution in [2.45, 2.75) is 19.4 Å². The summed E-state index contributed by atoms with van der Waals surface area (Å²) < 4.78 is 5.77. The second-order valence-electron chi connectivity index (χ2n) is 8.10. The summed E-state index contributed by atoms with van der Waals surface area (Å²) in [7, 11) is 0. The average Bonchev–Trinajstić information content (AvgIpc) is 3.29. The molecule has 0 aromatic heterocycles. The third-order valence-corrected chi connectivity index (χ3v) is 5.74. The number of halogens is 1. The normalized spacial score (nSPS) is 15.3. The van der Waals surface area contributed by atoms with Crippen LogP contribution in [0.4, 0.5) is 11.4 Å². The molecule has 3 aromatic rings. The van der Waals surface area contributed by atoms with Crippen molar-refractivity contribution in [3.05, 3.63) is 83.4 Å². The zero-order chi connectivity index (χ0) is 23.2. The van der Waals surface area contributed by atoms with Gasteiger partial charge in [0.1, 0.15) is 17.3 Å². The van der Waals surface area contributed by atoms with Gasteiger partial charge < -0.3 is 20.3 Å². The number of amides is 1. The summed E-state index contributed by atoms with van der Waals surface area (Å²) in [6, 6.07) is 22.2. The van der Waals surface area contributed by atoms with Crippen LogP contribution < -0.4 is 20.3 Å². The molecule has 0 spiro atoms. The molecule has 170 valence electrons. The van der Waals surface area contributed by atoms with Gasteiger partial charge in [-0.1, -0.05) is 11.6 Å². The first-order valence-corrected chi connectivity index (χ1v) is 11.3. The van der Waals surface area contributed by atoms with E-state index in [1.165, 1.54) is 0 Å². The minimum absolute atomic E-state index is 0.150. The van der Waals surface area contributed by atoms with Crippen LogP contribution in [0.5, 0.6) is 11.5 Å². The Bertz CT molecular complexity index is 1100. The van der Waals surface area contributed by atoms with Crippen molar-refractivity contribution < 1.29 is 14.3 Å². The Morgan fingerprint density at radius 2 is 1.61 bits per heavy atom. The SMILES string of the molecule is CC(=O)CNC1CCN(c2ccc(NC(=O)c3ccc(Oc4ccc(Cl)cc4)cc3)cc2)C1. The maximum Gasteiger partial charge on any atom is 0.255 e. The molecular formula is C26H26ClN3O3. The van der Waals surface area contributed by atoms with Crippen LogP contribution in [0.1, 0.15) is 23.7 Å². The Morgan fingerprint density at radius 3 is 2.24 bits per heavy atom. The number of carbonyl (C=O) groups is 2. The van der Waals surface area contributed by atoms with Crippen molar-refractivity contribution in [2.24, 2.45) is 0 Å². The summed E-state index contributed by atoms with van der Waals surface area (Å²) >= 11 is 5.89. The van der Waals surface area contributed by atoms with Crippen LogP contribution in [-0.4, -0.2) is 37.4 Å². The fourth-order valence-corrected chi connectivity index (χ4v) is 3.85. The summed E-state index contributed by atoms with van der Waals surface area (Å²) in [4.78, 5) is 26.1. The lowest BCUT2D eigenvalue weighted by atomic mass is 10.2. The van der Waals surface area contributed by atoms with Gasteiger partial charge >= 0.3 is 0 Å². The molecule has 1 unspecified atom stereocenters. The molecule has 4 rings (SSSR count). The second-order valence-corrected chi connectivity index (χ2v) is 8.53. The highest BCUT2D eigenvalue weighted by Crippen LogP contribution is 2.25. The van der Waals surface area contributed by atoms with Crippen LogP contribution in [0.2, 0.25) is 5.02 Å². The molecule has 1 aliphatic heterocycles. The second kappa shape index (κ2) is 10.5. The Morgan fingerprint density at radius 1 is 0.970 bits per heavy atom. The molecule has 1 heterocycles. The zero-order valence-corrected chi connectivity index (χ0v) is 19.1. The topological polar surface area (TPSA) is 70.7 Å². The number of benzene rings is 3. The molecule has 1 fully saturated rings. The third-order valence-electron chi connectivity index (χ3n) is 5.48. The van der Waals surface area contributed by atoms with Gasteiger partial charge in [0.15, 0.2) is 0 Å². The smallest absolute Gasteiger partial charge is 0.255 e. The van der Waals surface area contributed by atoms with Crippen LogP contribution in [0, 0.1) is 0 Å². The predicted octanol–water partition coefficient (Wildman–Crippen LogP) is 5.14. The number of carbonyl (C=O) groups excluding carboxylic acids is 2. The number of nitrogens with one attached hydrogen (secondary N) is 2. The fourth-order valence-electron chi connectivity index (χ4n) is 3.72. The lowest BCUT2D eigenvalue weighted by Gasteiger charge is -2.19. The molecule has 1 aliphatic rings. The van der Waals surface area contributed by atoms with Gasteiger partial charge in [0.25, 0.3) is 5.91 Å². The number of ether oxygens (including phenoxy) is 1. The van der Waals surface area contributed by atoms with Crippen LogP contribution in [0.15, 0.2) is 72.8 Å². The highest BCUT2D eigenvalue weighted by atomic mass is 35.5. The van der Waals surface area contributed by atoms with Crippen molar-refractivity contribution >= 4 is 34.7 Å². The summed E-state index contributed by atoms with van der Waals surface area (Å²) in [6.45, 7) is 3.81. The summed E-state index contributed by atoms with van der Waals surface area (Å²) in [5, 5.41) is 6.87. The number of hydrogen-bond donors (Lipinski definition) is 2. The molecule has 0 saturated carbocycles. The van der Waals surface area contributed by atoms with E-state index in [1.807, 2.05) is 24.3 Å². The Labute approximate surface area is 198 Å². The number of Topliss-reactive ketones (excluding diaryl/α,β-unsaturated/α-hetero) is 1. The van der Waals surface area contributed by atoms with Crippen LogP contribution in [0.25, 0.3) is 0 Å². The standard InChI is InChI=1S/C26H26ClN3O3/c1-18(31)16-28-22-14-15-30(17-22)23-8-6-21(7-9-23)29-26(32)19-2-10-24(11-3-19)33-25-12-4-20(27)5-13-25/h2-13,22,28H,14-17H2,1H3,(H,29,32). The van der Waals surface area contributed by atoms with Gasteiger partial charge in [0, 0.05) is 41.1 Å². The van der Waals surface area contributed by atoms with E-state index in [-0.39, 0.29) is 11.7 Å². The molecule has 0 aliphatic carbocycles. The van der Waals surface area contributed by atoms with E-state index in [0.29, 0.717) is 34.7 Å². The van der Waals surface area contributed by atoms with Crippen LogP contribution >= 0.6 is 11.6 Å². The van der Waals surface area contributed by atoms with Gasteiger partial charge in [-0.3, -0.25) is 9.59 Å². The Balaban J connectivity index is 1.30. The van der Waals surface area contributed by atoms with Crippen molar-refractivity contribution in [3.63, 3.8) is 0 Å². The van der Waals surface area contributed by atoms with E-state index in [1.54, 1.807) is 55.5 Å². The first-order chi connectivity index (χ1) is 16.0. The minimum Gasteiger partial charge on any atom is -0.457 e. The van der Waals surface area contributed by atoms with Crippen LogP contribution in [0.3, 0.4) is 0 Å². The van der Waals surface area contributed by atoms with E-state index >= 15 is 0 Å². The molecule has 0 bridgehead atoms. The van der Waals surface area contributed by atoms with Crippen molar-refractivity contribution in [2.75, 3.05) is 29.9 Å². The largest absolute Gasteiger partial charge is 0.457 e. The van der Waals surface area contributed by atoms with Crippen molar-refractivity contribution in [3.8, 4) is 11.5 Å². The Kier molecular flexibility index (Phi) is 7.27. The molecule has 1 atom stereocenters. The lowest BCUT2D eigenvalue weighted by Crippen LogP contribution is -2.35. The Hall–Kier alpha value is -3.35. The zero-order valence-electron chi connectivity index (χ0n) is 18.4. The van der Waals surface area contributed by atoms with Gasteiger partial charge in [-0.15, -0.1) is 0 Å². The van der Waals surface area contributed by atoms with E-state index in [0.717, 1.165) is 30.9 Å². The first-order valence-electron chi connectivity index (χ1n) is 10.9. The molecule has 3 aromatic carbocycles. The van der Waals surface area contributed by atoms with Crippen LogP contribution in [-0.2, 0) is 4.79 Å². The number of anilines is 2. The molecule has 0 radical (unpaired) electrons. The summed E-state index contributed by atoms with van der Waals surface area (Å²) in [6.07, 6.45) is 1.00. The van der Waals surface area contributed by atoms with Crippen molar-refractivity contribution in [1.29, 1.82) is 0 Å². The van der Waals surface area contributed by atoms with Gasteiger partial charge in [0.05, 0.1) is 6.54 Å². The number of rotatable bonds is 8. The summed E-state index contributed by atoms with van der Waals surface area (Å²) in [5.41, 5.74) is 2.38. The molecular weight excluding hydrogens is 438 g/mol. The minimum atomic E-state index is -0.185. The molecule has 6 nitrogen and oxygen atoms in total. The molecule has 7 heteroatoms. The number of hydrogen-bond acceptors (Lipinski definition) is 5. The van der Waals surface area contributed by atoms with E-state index in [9.17, 15) is 9.59 Å². The van der Waals surface area contributed by atoms with E-state index in [2.05, 4.69) is 15.5 Å². The average molecular weight is 464 g/mol. The van der Waals surface area contributed by atoms with Gasteiger partial charge in [-0.25, -0.2) is 0 Å². The highest BCUT2D eigenvalue weighted by Gasteiger charge is 2.22. The molecule has 33 heavy (non-hydrogen) atoms. The van der Waals surface area contributed by atoms with Gasteiger partial charge in [-0.05, 0) is 86.1 Å². The number of ketones is 1. The van der Waals surface area contributed by atoms with Gasteiger partial charge in [0.2, 0.25) is 0 Å². The first kappa shape index (κ1) is 22.8. The van der Waals surface area contributed by atoms with E-state index in [4.69, 9.17) is 16.3 Å². The van der Waals surface area contributed by atoms with Crippen molar-refractivity contribution in [1.82, 2.24) is 5.32 Å². The third kappa shape index (κ3) is 6.34. The maximum absolute atomic E-state index is 12.6.